The molecule has 4 heteroatoms. The average Bonchev–Trinajstić information content (AvgIpc) is 3.23. The molecule has 5 rings (SSSR count). The Kier molecular flexibility index (Phi) is 3.10. The molecule has 0 amide bonds. The second-order valence-electron chi connectivity index (χ2n) is 6.58. The number of benzene rings is 1. The summed E-state index contributed by atoms with van der Waals surface area (Å²) < 4.78 is 2.21. The number of fused-ring (bicyclic) bond motifs is 2. The third-order valence-corrected chi connectivity index (χ3v) is 5.04. The third-order valence-electron chi connectivity index (χ3n) is 5.04. The topological polar surface area (TPSA) is 42.7 Å². The number of pyridine rings is 2. The molecule has 1 aliphatic rings. The highest BCUT2D eigenvalue weighted by Crippen LogP contribution is 2.37. The number of nitrogens with one attached hydrogen (secondary N) is 1. The Bertz CT molecular complexity index is 1040. The van der Waals surface area contributed by atoms with Crippen LogP contribution in [0.15, 0.2) is 67.3 Å². The minimum Gasteiger partial charge on any atom is -0.363 e. The fourth-order valence-electron chi connectivity index (χ4n) is 3.78. The number of aromatic nitrogens is 3. The normalized spacial score (nSPS) is 16.0. The zero-order valence-corrected chi connectivity index (χ0v) is 14.0. The molecule has 122 valence electrons. The number of nitrogens with zero attached hydrogens (tertiary/aromatic N) is 3. The van der Waals surface area contributed by atoms with E-state index >= 15 is 0 Å². The van der Waals surface area contributed by atoms with E-state index in [2.05, 4.69) is 69.5 Å². The summed E-state index contributed by atoms with van der Waals surface area (Å²) >= 11 is 0. The largest absolute Gasteiger partial charge is 0.363 e. The van der Waals surface area contributed by atoms with Gasteiger partial charge in [0.1, 0.15) is 5.82 Å². The summed E-state index contributed by atoms with van der Waals surface area (Å²) in [5.74, 6) is 1.01. The molecule has 0 radical (unpaired) electrons. The lowest BCUT2D eigenvalue weighted by atomic mass is 9.99. The SMILES string of the molecule is Cn1cc(C2Cc3cccnc3N2)c2cc(-c3ccncc3)ccc21. The van der Waals surface area contributed by atoms with Crippen molar-refractivity contribution in [3.63, 3.8) is 0 Å². The van der Waals surface area contributed by atoms with E-state index in [4.69, 9.17) is 0 Å². The zero-order valence-electron chi connectivity index (χ0n) is 14.0. The predicted molar refractivity (Wildman–Crippen MR) is 100 cm³/mol. The maximum Gasteiger partial charge on any atom is 0.129 e. The van der Waals surface area contributed by atoms with Crippen molar-refractivity contribution in [3.8, 4) is 11.1 Å². The second kappa shape index (κ2) is 5.45. The lowest BCUT2D eigenvalue weighted by Crippen LogP contribution is -2.05. The molecular weight excluding hydrogens is 308 g/mol. The molecular formula is C21H18N4. The van der Waals surface area contributed by atoms with E-state index < -0.39 is 0 Å². The highest BCUT2D eigenvalue weighted by atomic mass is 15.0. The number of anilines is 1. The lowest BCUT2D eigenvalue weighted by molar-refractivity contribution is 0.820. The first-order chi connectivity index (χ1) is 12.3. The molecule has 0 spiro atoms. The van der Waals surface area contributed by atoms with Gasteiger partial charge in [-0.2, -0.15) is 0 Å². The number of hydrogen-bond donors (Lipinski definition) is 1. The van der Waals surface area contributed by atoms with Crippen LogP contribution in [0.2, 0.25) is 0 Å². The Hall–Kier alpha value is -3.14. The van der Waals surface area contributed by atoms with E-state index in [1.54, 1.807) is 0 Å². The van der Waals surface area contributed by atoms with Crippen LogP contribution in [0.4, 0.5) is 5.82 Å². The van der Waals surface area contributed by atoms with E-state index in [0.717, 1.165) is 12.2 Å². The van der Waals surface area contributed by atoms with E-state index in [-0.39, 0.29) is 6.04 Å². The standard InChI is InChI=1S/C21H18N4/c1-25-13-18(19-12-16-3-2-8-23-21(16)24-19)17-11-15(4-5-20(17)25)14-6-9-22-10-7-14/h2-11,13,19H,12H2,1H3,(H,23,24). The van der Waals surface area contributed by atoms with Crippen LogP contribution >= 0.6 is 0 Å². The molecule has 3 aromatic heterocycles. The monoisotopic (exact) mass is 326 g/mol. The van der Waals surface area contributed by atoms with Gasteiger partial charge in [0.2, 0.25) is 0 Å². The van der Waals surface area contributed by atoms with Gasteiger partial charge in [-0.3, -0.25) is 4.98 Å². The van der Waals surface area contributed by atoms with Crippen molar-refractivity contribution in [2.24, 2.45) is 7.05 Å². The summed E-state index contributed by atoms with van der Waals surface area (Å²) in [4.78, 5) is 8.58. The molecule has 1 atom stereocenters. The van der Waals surface area contributed by atoms with Crippen molar-refractivity contribution < 1.29 is 0 Å². The molecule has 0 bridgehead atoms. The van der Waals surface area contributed by atoms with E-state index in [0.29, 0.717) is 0 Å². The molecule has 1 N–H and O–H groups in total. The predicted octanol–water partition coefficient (Wildman–Crippen LogP) is 4.34. The van der Waals surface area contributed by atoms with Crippen LogP contribution in [0.25, 0.3) is 22.0 Å². The molecule has 0 saturated carbocycles. The highest BCUT2D eigenvalue weighted by molar-refractivity contribution is 5.89. The van der Waals surface area contributed by atoms with Crippen molar-refractivity contribution >= 4 is 16.7 Å². The van der Waals surface area contributed by atoms with Gasteiger partial charge in [0.25, 0.3) is 0 Å². The first-order valence-electron chi connectivity index (χ1n) is 8.49. The summed E-state index contributed by atoms with van der Waals surface area (Å²) in [6.45, 7) is 0. The first kappa shape index (κ1) is 14.2. The number of hydrogen-bond acceptors (Lipinski definition) is 3. The molecule has 1 aliphatic heterocycles. The highest BCUT2D eigenvalue weighted by Gasteiger charge is 2.25. The van der Waals surface area contributed by atoms with Crippen LogP contribution in [0.3, 0.4) is 0 Å². The molecule has 4 nitrogen and oxygen atoms in total. The maximum absolute atomic E-state index is 4.46. The quantitative estimate of drug-likeness (QED) is 0.596. The smallest absolute Gasteiger partial charge is 0.129 e. The fourth-order valence-corrected chi connectivity index (χ4v) is 3.78. The minimum atomic E-state index is 0.265. The van der Waals surface area contributed by atoms with Gasteiger partial charge in [0, 0.05) is 54.7 Å². The van der Waals surface area contributed by atoms with Gasteiger partial charge in [0.15, 0.2) is 0 Å². The lowest BCUT2D eigenvalue weighted by Gasteiger charge is -2.10. The van der Waals surface area contributed by atoms with E-state index in [1.165, 1.54) is 33.2 Å². The van der Waals surface area contributed by atoms with E-state index in [9.17, 15) is 0 Å². The molecule has 25 heavy (non-hydrogen) atoms. The Balaban J connectivity index is 1.62. The van der Waals surface area contributed by atoms with Crippen LogP contribution in [0.5, 0.6) is 0 Å². The summed E-state index contributed by atoms with van der Waals surface area (Å²) in [6.07, 6.45) is 8.74. The Morgan fingerprint density at radius 3 is 2.76 bits per heavy atom. The summed E-state index contributed by atoms with van der Waals surface area (Å²) in [5.41, 5.74) is 6.27. The van der Waals surface area contributed by atoms with Gasteiger partial charge in [-0.05, 0) is 47.0 Å². The number of aryl methyl sites for hydroxylation is 1. The molecule has 0 saturated heterocycles. The van der Waals surface area contributed by atoms with Crippen molar-refractivity contribution in [2.75, 3.05) is 5.32 Å². The van der Waals surface area contributed by atoms with Crippen molar-refractivity contribution in [1.29, 1.82) is 0 Å². The average molecular weight is 326 g/mol. The minimum absolute atomic E-state index is 0.265. The van der Waals surface area contributed by atoms with Crippen LogP contribution in [0, 0.1) is 0 Å². The van der Waals surface area contributed by atoms with Gasteiger partial charge in [0.05, 0.1) is 6.04 Å². The number of rotatable bonds is 2. The van der Waals surface area contributed by atoms with Gasteiger partial charge >= 0.3 is 0 Å². The third kappa shape index (κ3) is 2.30. The van der Waals surface area contributed by atoms with Crippen LogP contribution < -0.4 is 5.32 Å². The molecule has 0 aliphatic carbocycles. The van der Waals surface area contributed by atoms with Crippen molar-refractivity contribution in [1.82, 2.24) is 14.5 Å². The Morgan fingerprint density at radius 1 is 1.04 bits per heavy atom. The molecule has 4 heterocycles. The zero-order chi connectivity index (χ0) is 16.8. The summed E-state index contributed by atoms with van der Waals surface area (Å²) in [5, 5.41) is 4.87. The van der Waals surface area contributed by atoms with Crippen LogP contribution in [0.1, 0.15) is 17.2 Å². The van der Waals surface area contributed by atoms with Crippen molar-refractivity contribution in [3.05, 3.63) is 78.4 Å². The van der Waals surface area contributed by atoms with Crippen LogP contribution in [-0.2, 0) is 13.5 Å². The summed E-state index contributed by atoms with van der Waals surface area (Å²) in [6, 6.07) is 15.2. The molecule has 1 unspecified atom stereocenters. The van der Waals surface area contributed by atoms with E-state index in [1.807, 2.05) is 24.7 Å². The molecule has 0 fully saturated rings. The van der Waals surface area contributed by atoms with Gasteiger partial charge in [-0.15, -0.1) is 0 Å². The second-order valence-corrected chi connectivity index (χ2v) is 6.58. The Morgan fingerprint density at radius 2 is 1.92 bits per heavy atom. The fraction of sp³-hybridized carbons (Fsp3) is 0.143. The molecule has 1 aromatic carbocycles. The van der Waals surface area contributed by atoms with Gasteiger partial charge < -0.3 is 9.88 Å². The maximum atomic E-state index is 4.46. The van der Waals surface area contributed by atoms with Crippen LogP contribution in [-0.4, -0.2) is 14.5 Å². The first-order valence-corrected chi connectivity index (χ1v) is 8.49. The molecule has 4 aromatic rings. The van der Waals surface area contributed by atoms with Gasteiger partial charge in [-0.25, -0.2) is 4.98 Å². The summed E-state index contributed by atoms with van der Waals surface area (Å²) in [7, 11) is 2.11. The Labute approximate surface area is 146 Å². The van der Waals surface area contributed by atoms with Gasteiger partial charge in [-0.1, -0.05) is 12.1 Å². The van der Waals surface area contributed by atoms with Crippen molar-refractivity contribution in [2.45, 2.75) is 12.5 Å².